The quantitative estimate of drug-likeness (QED) is 0.841. The zero-order valence-electron chi connectivity index (χ0n) is 9.69. The third kappa shape index (κ3) is 2.14. The van der Waals surface area contributed by atoms with Crippen LogP contribution in [0, 0.1) is 6.92 Å². The van der Waals surface area contributed by atoms with Gasteiger partial charge in [0.2, 0.25) is 0 Å². The van der Waals surface area contributed by atoms with Gasteiger partial charge in [0.15, 0.2) is 5.76 Å². The molecule has 0 bridgehead atoms. The predicted molar refractivity (Wildman–Crippen MR) is 61.9 cm³/mol. The summed E-state index contributed by atoms with van der Waals surface area (Å²) in [4.78, 5) is 0. The van der Waals surface area contributed by atoms with E-state index in [0.29, 0.717) is 0 Å². The Morgan fingerprint density at radius 1 is 1.19 bits per heavy atom. The predicted octanol–water partition coefficient (Wildman–Crippen LogP) is 2.88. The number of hydrogen-bond donors (Lipinski definition) is 1. The summed E-state index contributed by atoms with van der Waals surface area (Å²) in [5.74, 6) is 0.750. The summed E-state index contributed by atoms with van der Waals surface area (Å²) in [5.41, 5.74) is 1.90. The molecule has 2 rings (SSSR count). The van der Waals surface area contributed by atoms with E-state index >= 15 is 0 Å². The molecule has 0 unspecified atom stereocenters. The minimum atomic E-state index is -0.810. The average Bonchev–Trinajstić information content (AvgIpc) is 2.64. The largest absolute Gasteiger partial charge is 0.386 e. The van der Waals surface area contributed by atoms with Crippen LogP contribution in [0.25, 0.3) is 11.3 Å². The highest BCUT2D eigenvalue weighted by molar-refractivity contribution is 5.57. The SMILES string of the molecule is Cc1cc(-c2ccc(C(C)(C)O)cc2)on1. The normalized spacial score (nSPS) is 11.8. The van der Waals surface area contributed by atoms with Crippen LogP contribution < -0.4 is 0 Å². The Morgan fingerprint density at radius 2 is 1.81 bits per heavy atom. The Morgan fingerprint density at radius 3 is 2.25 bits per heavy atom. The summed E-state index contributed by atoms with van der Waals surface area (Å²) < 4.78 is 5.16. The monoisotopic (exact) mass is 217 g/mol. The van der Waals surface area contributed by atoms with Gasteiger partial charge in [-0.2, -0.15) is 0 Å². The number of nitrogens with zero attached hydrogens (tertiary/aromatic N) is 1. The van der Waals surface area contributed by atoms with E-state index in [-0.39, 0.29) is 0 Å². The molecule has 0 aliphatic carbocycles. The van der Waals surface area contributed by atoms with Crippen LogP contribution in [-0.2, 0) is 5.60 Å². The molecule has 0 fully saturated rings. The maximum Gasteiger partial charge on any atom is 0.167 e. The molecule has 1 N–H and O–H groups in total. The number of aryl methyl sites for hydroxylation is 1. The first kappa shape index (κ1) is 10.9. The summed E-state index contributed by atoms with van der Waals surface area (Å²) in [6, 6.07) is 9.53. The van der Waals surface area contributed by atoms with Crippen molar-refractivity contribution in [3.8, 4) is 11.3 Å². The van der Waals surface area contributed by atoms with E-state index in [9.17, 15) is 5.11 Å². The molecule has 0 radical (unpaired) electrons. The smallest absolute Gasteiger partial charge is 0.167 e. The fourth-order valence-electron chi connectivity index (χ4n) is 1.54. The highest BCUT2D eigenvalue weighted by Gasteiger charge is 2.15. The second kappa shape index (κ2) is 3.76. The lowest BCUT2D eigenvalue weighted by Gasteiger charge is -2.17. The zero-order chi connectivity index (χ0) is 11.8. The van der Waals surface area contributed by atoms with Gasteiger partial charge in [0, 0.05) is 11.6 Å². The van der Waals surface area contributed by atoms with Crippen LogP contribution in [-0.4, -0.2) is 10.3 Å². The lowest BCUT2D eigenvalue weighted by molar-refractivity contribution is 0.0786. The van der Waals surface area contributed by atoms with Gasteiger partial charge in [0.1, 0.15) is 0 Å². The van der Waals surface area contributed by atoms with Crippen molar-refractivity contribution in [2.45, 2.75) is 26.4 Å². The van der Waals surface area contributed by atoms with E-state index in [2.05, 4.69) is 5.16 Å². The van der Waals surface area contributed by atoms with Crippen molar-refractivity contribution in [1.82, 2.24) is 5.16 Å². The molecule has 0 aliphatic heterocycles. The van der Waals surface area contributed by atoms with Gasteiger partial charge in [0.25, 0.3) is 0 Å². The molecule has 0 spiro atoms. The minimum absolute atomic E-state index is 0.750. The second-order valence-electron chi connectivity index (χ2n) is 4.47. The first-order valence-electron chi connectivity index (χ1n) is 5.23. The van der Waals surface area contributed by atoms with E-state index in [1.54, 1.807) is 13.8 Å². The standard InChI is InChI=1S/C13H15NO2/c1-9-8-12(16-14-9)10-4-6-11(7-5-10)13(2,3)15/h4-8,15H,1-3H3. The Hall–Kier alpha value is -1.61. The van der Waals surface area contributed by atoms with Crippen LogP contribution in [0.1, 0.15) is 25.1 Å². The molecule has 3 nitrogen and oxygen atoms in total. The third-order valence-electron chi connectivity index (χ3n) is 2.50. The third-order valence-corrected chi connectivity index (χ3v) is 2.50. The van der Waals surface area contributed by atoms with E-state index in [1.165, 1.54) is 0 Å². The molecule has 1 aromatic carbocycles. The van der Waals surface area contributed by atoms with E-state index < -0.39 is 5.60 Å². The lowest BCUT2D eigenvalue weighted by Crippen LogP contribution is -2.14. The summed E-state index contributed by atoms with van der Waals surface area (Å²) in [7, 11) is 0. The zero-order valence-corrected chi connectivity index (χ0v) is 9.69. The molecule has 0 saturated heterocycles. The van der Waals surface area contributed by atoms with E-state index in [4.69, 9.17) is 4.52 Å². The number of hydrogen-bond acceptors (Lipinski definition) is 3. The minimum Gasteiger partial charge on any atom is -0.386 e. The molecule has 84 valence electrons. The van der Waals surface area contributed by atoms with Gasteiger partial charge in [-0.1, -0.05) is 29.4 Å². The first-order valence-corrected chi connectivity index (χ1v) is 5.23. The van der Waals surface area contributed by atoms with Crippen LogP contribution in [0.15, 0.2) is 34.9 Å². The second-order valence-corrected chi connectivity index (χ2v) is 4.47. The summed E-state index contributed by atoms with van der Waals surface area (Å²) in [5, 5.41) is 13.7. The molecule has 0 atom stereocenters. The Balaban J connectivity index is 2.33. The van der Waals surface area contributed by atoms with Crippen LogP contribution in [0.3, 0.4) is 0 Å². The van der Waals surface area contributed by atoms with Crippen LogP contribution in [0.4, 0.5) is 0 Å². The first-order chi connectivity index (χ1) is 7.47. The topological polar surface area (TPSA) is 46.3 Å². The van der Waals surface area contributed by atoms with Crippen molar-refractivity contribution in [3.63, 3.8) is 0 Å². The fourth-order valence-corrected chi connectivity index (χ4v) is 1.54. The molecule has 16 heavy (non-hydrogen) atoms. The molecule has 0 amide bonds. The maximum absolute atomic E-state index is 9.82. The molecule has 0 saturated carbocycles. The van der Waals surface area contributed by atoms with Crippen molar-refractivity contribution < 1.29 is 9.63 Å². The number of aliphatic hydroxyl groups is 1. The van der Waals surface area contributed by atoms with Crippen LogP contribution in [0.2, 0.25) is 0 Å². The molecule has 3 heteroatoms. The lowest BCUT2D eigenvalue weighted by atomic mass is 9.97. The van der Waals surface area contributed by atoms with Gasteiger partial charge in [-0.05, 0) is 26.3 Å². The highest BCUT2D eigenvalue weighted by Crippen LogP contribution is 2.24. The van der Waals surface area contributed by atoms with Gasteiger partial charge in [-0.15, -0.1) is 0 Å². The van der Waals surface area contributed by atoms with E-state index in [0.717, 1.165) is 22.6 Å². The Kier molecular flexibility index (Phi) is 2.56. The average molecular weight is 217 g/mol. The molecule has 2 aromatic rings. The summed E-state index contributed by atoms with van der Waals surface area (Å²) >= 11 is 0. The van der Waals surface area contributed by atoms with Crippen molar-refractivity contribution in [3.05, 3.63) is 41.6 Å². The molecule has 1 aromatic heterocycles. The van der Waals surface area contributed by atoms with Gasteiger partial charge in [-0.3, -0.25) is 0 Å². The molecular formula is C13H15NO2. The van der Waals surface area contributed by atoms with Crippen LogP contribution in [0.5, 0.6) is 0 Å². The fraction of sp³-hybridized carbons (Fsp3) is 0.308. The van der Waals surface area contributed by atoms with Gasteiger partial charge < -0.3 is 9.63 Å². The number of aromatic nitrogens is 1. The molecular weight excluding hydrogens is 202 g/mol. The number of benzene rings is 1. The summed E-state index contributed by atoms with van der Waals surface area (Å²) in [6.07, 6.45) is 0. The van der Waals surface area contributed by atoms with Crippen molar-refractivity contribution in [1.29, 1.82) is 0 Å². The summed E-state index contributed by atoms with van der Waals surface area (Å²) in [6.45, 7) is 5.42. The van der Waals surface area contributed by atoms with Crippen LogP contribution >= 0.6 is 0 Å². The maximum atomic E-state index is 9.82. The van der Waals surface area contributed by atoms with Crippen molar-refractivity contribution in [2.75, 3.05) is 0 Å². The van der Waals surface area contributed by atoms with Gasteiger partial charge in [-0.25, -0.2) is 0 Å². The number of rotatable bonds is 2. The molecule has 0 aliphatic rings. The van der Waals surface area contributed by atoms with Crippen molar-refractivity contribution in [2.24, 2.45) is 0 Å². The van der Waals surface area contributed by atoms with Gasteiger partial charge >= 0.3 is 0 Å². The Labute approximate surface area is 94.7 Å². The van der Waals surface area contributed by atoms with Crippen molar-refractivity contribution >= 4 is 0 Å². The molecule has 1 heterocycles. The highest BCUT2D eigenvalue weighted by atomic mass is 16.5. The van der Waals surface area contributed by atoms with Gasteiger partial charge in [0.05, 0.1) is 11.3 Å². The Bertz CT molecular complexity index is 477. The van der Waals surface area contributed by atoms with E-state index in [1.807, 2.05) is 37.3 Å².